The number of rotatable bonds is 8. The number of nitriles is 1. The van der Waals surface area contributed by atoms with Crippen LogP contribution in [0.2, 0.25) is 5.02 Å². The van der Waals surface area contributed by atoms with Crippen LogP contribution in [0.25, 0.3) is 11.1 Å². The van der Waals surface area contributed by atoms with Gasteiger partial charge in [0.05, 0.1) is 38.5 Å². The fourth-order valence-electron chi connectivity index (χ4n) is 5.84. The second-order valence-corrected chi connectivity index (χ2v) is 14.3. The van der Waals surface area contributed by atoms with Gasteiger partial charge in [0.25, 0.3) is 0 Å². The summed E-state index contributed by atoms with van der Waals surface area (Å²) in [5.41, 5.74) is -0.158. The number of hydrogen-bond acceptors (Lipinski definition) is 7. The third-order valence-electron chi connectivity index (χ3n) is 8.79. The van der Waals surface area contributed by atoms with Gasteiger partial charge in [-0.15, -0.1) is 0 Å². The Labute approximate surface area is 253 Å². The van der Waals surface area contributed by atoms with Crippen molar-refractivity contribution in [2.24, 2.45) is 7.05 Å². The van der Waals surface area contributed by atoms with Crippen LogP contribution in [-0.4, -0.2) is 63.3 Å². The number of hydrogen-bond donors (Lipinski definition) is 1. The number of sulfone groups is 1. The Hall–Kier alpha value is -3.82. The molecule has 6 rings (SSSR count). The van der Waals surface area contributed by atoms with Crippen LogP contribution in [-0.2, 0) is 38.3 Å². The lowest BCUT2D eigenvalue weighted by molar-refractivity contribution is -0.140. The van der Waals surface area contributed by atoms with Crippen molar-refractivity contribution in [1.29, 1.82) is 5.26 Å². The highest BCUT2D eigenvalue weighted by atomic mass is 35.5. The number of aromatic nitrogens is 3. The molecule has 1 saturated heterocycles. The number of nitrogens with one attached hydrogen (secondary N) is 1. The molecule has 10 nitrogen and oxygen atoms in total. The Kier molecular flexibility index (Phi) is 7.09. The maximum absolute atomic E-state index is 15.2. The lowest BCUT2D eigenvalue weighted by atomic mass is 9.97. The second kappa shape index (κ2) is 10.4. The van der Waals surface area contributed by atoms with E-state index in [0.717, 1.165) is 5.56 Å². The number of carbonyl (C=O) groups is 2. The minimum atomic E-state index is -4.12. The van der Waals surface area contributed by atoms with Crippen molar-refractivity contribution in [3.63, 3.8) is 0 Å². The normalized spacial score (nSPS) is 21.7. The molecular formula is C30H30ClFN6O4S. The third kappa shape index (κ3) is 5.08. The summed E-state index contributed by atoms with van der Waals surface area (Å²) in [6.07, 6.45) is 6.93. The van der Waals surface area contributed by atoms with Gasteiger partial charge in [0.15, 0.2) is 9.84 Å². The Morgan fingerprint density at radius 2 is 1.93 bits per heavy atom. The van der Waals surface area contributed by atoms with Gasteiger partial charge in [-0.25, -0.2) is 12.8 Å². The Morgan fingerprint density at radius 1 is 1.19 bits per heavy atom. The molecule has 3 fully saturated rings. The first-order valence-corrected chi connectivity index (χ1v) is 16.1. The molecule has 3 aromatic rings. The van der Waals surface area contributed by atoms with E-state index in [2.05, 4.69) is 21.5 Å². The Balaban J connectivity index is 1.32. The molecule has 43 heavy (non-hydrogen) atoms. The molecule has 2 aromatic heterocycles. The van der Waals surface area contributed by atoms with E-state index in [-0.39, 0.29) is 28.6 Å². The van der Waals surface area contributed by atoms with Gasteiger partial charge in [0, 0.05) is 31.5 Å². The van der Waals surface area contributed by atoms with Crippen molar-refractivity contribution < 1.29 is 22.4 Å². The molecule has 1 aliphatic heterocycles. The SMILES string of the molecule is CCc1cnc(C2(C(=O)N3CC(S(=O)(=O)c4ccc(-c5cnn(C)c5)cc4Cl)CC3C(=O)NC3(C#N)CC3)CC2)c(F)c1. The largest absolute Gasteiger partial charge is 0.336 e. The van der Waals surface area contributed by atoms with E-state index in [1.54, 1.807) is 36.3 Å². The van der Waals surface area contributed by atoms with Crippen LogP contribution in [0.4, 0.5) is 4.39 Å². The van der Waals surface area contributed by atoms with Crippen molar-refractivity contribution in [1.82, 2.24) is 25.0 Å². The van der Waals surface area contributed by atoms with E-state index in [9.17, 15) is 23.3 Å². The molecule has 2 saturated carbocycles. The van der Waals surface area contributed by atoms with Crippen LogP contribution < -0.4 is 5.32 Å². The van der Waals surface area contributed by atoms with Gasteiger partial charge in [-0.2, -0.15) is 10.4 Å². The zero-order chi connectivity index (χ0) is 30.7. The van der Waals surface area contributed by atoms with E-state index in [4.69, 9.17) is 11.6 Å². The molecule has 0 radical (unpaired) electrons. The molecule has 2 amide bonds. The van der Waals surface area contributed by atoms with Crippen LogP contribution in [0, 0.1) is 17.1 Å². The number of carbonyl (C=O) groups excluding carboxylic acids is 2. The summed E-state index contributed by atoms with van der Waals surface area (Å²) in [5.74, 6) is -1.74. The highest BCUT2D eigenvalue weighted by Crippen LogP contribution is 2.51. The molecule has 0 spiro atoms. The maximum atomic E-state index is 15.2. The minimum absolute atomic E-state index is 0.00453. The van der Waals surface area contributed by atoms with Gasteiger partial charge < -0.3 is 10.2 Å². The number of pyridine rings is 1. The monoisotopic (exact) mass is 624 g/mol. The van der Waals surface area contributed by atoms with E-state index in [1.807, 2.05) is 6.92 Å². The number of halogens is 2. The first-order chi connectivity index (χ1) is 20.4. The van der Waals surface area contributed by atoms with Gasteiger partial charge in [-0.1, -0.05) is 24.6 Å². The number of benzene rings is 1. The molecular weight excluding hydrogens is 595 g/mol. The number of aryl methyl sites for hydroxylation is 2. The van der Waals surface area contributed by atoms with Crippen molar-refractivity contribution >= 4 is 33.3 Å². The highest BCUT2D eigenvalue weighted by Gasteiger charge is 2.60. The fourth-order valence-corrected chi connectivity index (χ4v) is 8.08. The van der Waals surface area contributed by atoms with Crippen LogP contribution >= 0.6 is 11.6 Å². The molecule has 13 heteroatoms. The molecule has 1 N–H and O–H groups in total. The lowest BCUT2D eigenvalue weighted by Gasteiger charge is -2.29. The van der Waals surface area contributed by atoms with Gasteiger partial charge in [-0.3, -0.25) is 19.3 Å². The fraction of sp³-hybridized carbons (Fsp3) is 0.433. The van der Waals surface area contributed by atoms with Crippen LogP contribution in [0.3, 0.4) is 0 Å². The predicted molar refractivity (Wildman–Crippen MR) is 155 cm³/mol. The summed E-state index contributed by atoms with van der Waals surface area (Å²) in [5, 5.41) is 15.3. The first kappa shape index (κ1) is 29.3. The predicted octanol–water partition coefficient (Wildman–Crippen LogP) is 3.48. The van der Waals surface area contributed by atoms with Gasteiger partial charge in [-0.05, 0) is 67.9 Å². The second-order valence-electron chi connectivity index (χ2n) is 11.7. The lowest BCUT2D eigenvalue weighted by Crippen LogP contribution is -2.52. The average molecular weight is 625 g/mol. The Bertz CT molecular complexity index is 1790. The van der Waals surface area contributed by atoms with Crippen molar-refractivity contribution in [2.45, 2.75) is 72.6 Å². The standard InChI is InChI=1S/C30H30ClFN6O4S/c1-3-18-10-23(32)26(34-13-18)30(8-9-30)28(40)38-16-21(12-24(38)27(39)36-29(17-33)6-7-29)43(41,42)25-5-4-19(11-22(25)31)20-14-35-37(2)15-20/h4-5,10-11,13-15,21,24H,3,6-9,12,16H2,1-2H3,(H,36,39). The third-order valence-corrected chi connectivity index (χ3v) is 11.4. The van der Waals surface area contributed by atoms with E-state index < -0.39 is 49.7 Å². The first-order valence-electron chi connectivity index (χ1n) is 14.1. The highest BCUT2D eigenvalue weighted by molar-refractivity contribution is 7.92. The molecule has 2 atom stereocenters. The average Bonchev–Trinajstić information content (AvgIpc) is 3.85. The summed E-state index contributed by atoms with van der Waals surface area (Å²) >= 11 is 6.51. The number of likely N-dealkylation sites (tertiary alicyclic amines) is 1. The van der Waals surface area contributed by atoms with Gasteiger partial charge in [0.1, 0.15) is 17.4 Å². The zero-order valence-corrected chi connectivity index (χ0v) is 25.3. The van der Waals surface area contributed by atoms with E-state index in [0.29, 0.717) is 43.2 Å². The molecule has 1 aromatic carbocycles. The summed E-state index contributed by atoms with van der Waals surface area (Å²) in [4.78, 5) is 33.1. The molecule has 2 aliphatic carbocycles. The van der Waals surface area contributed by atoms with E-state index >= 15 is 4.39 Å². The molecule has 3 heterocycles. The Morgan fingerprint density at radius 3 is 2.49 bits per heavy atom. The summed E-state index contributed by atoms with van der Waals surface area (Å²) in [6.45, 7) is 1.59. The topological polar surface area (TPSA) is 138 Å². The smallest absolute Gasteiger partial charge is 0.244 e. The minimum Gasteiger partial charge on any atom is -0.336 e. The quantitative estimate of drug-likeness (QED) is 0.405. The maximum Gasteiger partial charge on any atom is 0.244 e. The summed E-state index contributed by atoms with van der Waals surface area (Å²) in [7, 11) is -2.35. The zero-order valence-electron chi connectivity index (χ0n) is 23.7. The van der Waals surface area contributed by atoms with Crippen LogP contribution in [0.5, 0.6) is 0 Å². The van der Waals surface area contributed by atoms with Gasteiger partial charge >= 0.3 is 0 Å². The molecule has 2 unspecified atom stereocenters. The number of amides is 2. The molecule has 3 aliphatic rings. The van der Waals surface area contributed by atoms with Crippen molar-refractivity contribution in [3.8, 4) is 17.2 Å². The number of nitrogens with zero attached hydrogens (tertiary/aromatic N) is 5. The summed E-state index contributed by atoms with van der Waals surface area (Å²) in [6, 6.07) is 6.89. The summed E-state index contributed by atoms with van der Waals surface area (Å²) < 4.78 is 44.7. The molecule has 0 bridgehead atoms. The van der Waals surface area contributed by atoms with Crippen molar-refractivity contribution in [2.75, 3.05) is 6.54 Å². The van der Waals surface area contributed by atoms with Crippen molar-refractivity contribution in [3.05, 3.63) is 65.0 Å². The van der Waals surface area contributed by atoms with Crippen LogP contribution in [0.1, 0.15) is 50.3 Å². The van der Waals surface area contributed by atoms with E-state index in [1.165, 1.54) is 23.2 Å². The molecule has 224 valence electrons. The van der Waals surface area contributed by atoms with Gasteiger partial charge in [0.2, 0.25) is 11.8 Å². The van der Waals surface area contributed by atoms with Crippen LogP contribution in [0.15, 0.2) is 47.8 Å².